The number of carboxylic acids is 1. The van der Waals surface area contributed by atoms with Crippen LogP contribution in [0.3, 0.4) is 0 Å². The fourth-order valence-electron chi connectivity index (χ4n) is 13.5. The van der Waals surface area contributed by atoms with Gasteiger partial charge in [0.25, 0.3) is 0 Å². The number of ketones is 1. The monoisotopic (exact) mass is 1380 g/mol. The molecule has 1 amide bonds. The van der Waals surface area contributed by atoms with Gasteiger partial charge in [0.05, 0.1) is 73.6 Å². The Bertz CT molecular complexity index is 3590. The minimum absolute atomic E-state index is 0.0361. The van der Waals surface area contributed by atoms with Crippen molar-refractivity contribution < 1.29 is 126 Å². The Balaban J connectivity index is 0.855. The van der Waals surface area contributed by atoms with Gasteiger partial charge in [-0.15, -0.1) is 0 Å². The number of hydrogen-bond donors (Lipinski definition) is 11. The summed E-state index contributed by atoms with van der Waals surface area (Å²) in [6, 6.07) is 24.3. The summed E-state index contributed by atoms with van der Waals surface area (Å²) in [6.45, 7) is 2.42. The highest BCUT2D eigenvalue weighted by Gasteiger charge is 2.55. The van der Waals surface area contributed by atoms with Crippen LogP contribution < -0.4 is 16.6 Å². The van der Waals surface area contributed by atoms with Crippen LogP contribution in [0.1, 0.15) is 100 Å². The van der Waals surface area contributed by atoms with Crippen LogP contribution in [0, 0.1) is 17.8 Å². The number of Topliss-reactive ketones (excluding diaryl/α,β-unsaturated/α-hetero) is 1. The predicted octanol–water partition coefficient (Wildman–Crippen LogP) is 1.41. The number of carbonyl (C=O) groups is 4. The molecule has 3 saturated heterocycles. The number of nitrogens with one attached hydrogen (secondary N) is 1. The van der Waals surface area contributed by atoms with Crippen molar-refractivity contribution in [3.63, 3.8) is 0 Å². The number of aliphatic hydroxyl groups excluding tert-OH is 9. The number of esters is 1. The number of rotatable bonds is 28. The van der Waals surface area contributed by atoms with E-state index in [4.69, 9.17) is 56.2 Å². The highest BCUT2D eigenvalue weighted by molar-refractivity contribution is 5.89. The molecule has 24 atom stereocenters. The molecule has 3 aromatic carbocycles. The molecule has 0 bridgehead atoms. The first-order valence-corrected chi connectivity index (χ1v) is 33.2. The summed E-state index contributed by atoms with van der Waals surface area (Å²) in [7, 11) is 0. The van der Waals surface area contributed by atoms with E-state index in [0.29, 0.717) is 34.8 Å². The number of ether oxygens (including phenoxy) is 10. The van der Waals surface area contributed by atoms with Gasteiger partial charge >= 0.3 is 23.2 Å². The van der Waals surface area contributed by atoms with Crippen molar-refractivity contribution in [1.82, 2.24) is 5.32 Å². The lowest BCUT2D eigenvalue weighted by Gasteiger charge is -2.48. The van der Waals surface area contributed by atoms with Crippen LogP contribution in [0.15, 0.2) is 109 Å². The van der Waals surface area contributed by atoms with Crippen molar-refractivity contribution >= 4 is 45.6 Å². The van der Waals surface area contributed by atoms with Crippen molar-refractivity contribution in [2.75, 3.05) is 19.8 Å². The largest absolute Gasteiger partial charge is 0.479 e. The van der Waals surface area contributed by atoms with E-state index in [1.807, 2.05) is 0 Å². The van der Waals surface area contributed by atoms with Gasteiger partial charge in [0.15, 0.2) is 31.1 Å². The Morgan fingerprint density at radius 1 is 0.582 bits per heavy atom. The van der Waals surface area contributed by atoms with Crippen LogP contribution in [0.4, 0.5) is 0 Å². The molecule has 98 heavy (non-hydrogen) atoms. The number of fused-ring (bicyclic) bond motifs is 2. The van der Waals surface area contributed by atoms with Crippen LogP contribution in [0.5, 0.6) is 0 Å². The molecule has 5 heterocycles. The zero-order valence-electron chi connectivity index (χ0n) is 54.2. The summed E-state index contributed by atoms with van der Waals surface area (Å²) in [5, 5.41) is 115. The first kappa shape index (κ1) is 74.1. The molecule has 29 nitrogen and oxygen atoms in total. The number of benzene rings is 3. The molecule has 10 rings (SSSR count). The Morgan fingerprint density at radius 2 is 1.15 bits per heavy atom. The normalized spacial score (nSPS) is 34.0. The average Bonchev–Trinajstić information content (AvgIpc) is 0.761. The van der Waals surface area contributed by atoms with Gasteiger partial charge in [-0.05, 0) is 87.8 Å². The molecule has 536 valence electrons. The zero-order valence-corrected chi connectivity index (χ0v) is 54.2. The second-order valence-corrected chi connectivity index (χ2v) is 25.7. The third kappa shape index (κ3) is 17.2. The average molecular weight is 1380 g/mol. The zero-order chi connectivity index (χ0) is 70.1. The summed E-state index contributed by atoms with van der Waals surface area (Å²) in [4.78, 5) is 81.7. The first-order valence-electron chi connectivity index (χ1n) is 33.2. The molecule has 2 saturated carbocycles. The number of carboxylic acid groups (broad SMARTS) is 1. The van der Waals surface area contributed by atoms with E-state index in [9.17, 15) is 79.8 Å². The van der Waals surface area contributed by atoms with Gasteiger partial charge < -0.3 is 113 Å². The standard InChI is InChI=1S/C69H87NO28/c1-4-14-45(63(82)83)90-60-54(77)50(30-72)96-69(61(60)97-64(84)35-15-7-6-8-16-35)94-48-26-38(23-34(5-2)58(48)98-67-56(79)55(78)51(74)33(3)89-67)42(73)19-13-22-70-62(81)39-27-46(87-31-40-24-36-17-9-11-20-43(36)91-65(40)85)52(75)47(28-39)93-68-57(80)59(53(76)49(29-71)95-68)88-32-41-25-37-18-10-12-21-44(37)92-66(41)86/h6-12,15-18,20-21,24-25,33-34,38-39,45-61,67-69,71-72,74-80H,4-5,13-14,19,22-23,26-32H2,1-3H3,(H,70,81)(H,82,83)/t33?,34-,38?,39+,45+,46?,47-,48-,49?,50+,51-,52?,53+,54+,55+,56?,57?,58?,59-,60?,61?,67+,68-,69-/m1/s1. The number of aliphatic carboxylic acids is 1. The van der Waals surface area contributed by atoms with Gasteiger partial charge in [-0.2, -0.15) is 0 Å². The second-order valence-electron chi connectivity index (χ2n) is 25.7. The van der Waals surface area contributed by atoms with Crippen molar-refractivity contribution in [2.45, 2.75) is 221 Å². The molecule has 10 unspecified atom stereocenters. The van der Waals surface area contributed by atoms with Gasteiger partial charge in [0.1, 0.15) is 84.1 Å². The van der Waals surface area contributed by atoms with Crippen LogP contribution in [-0.4, -0.2) is 223 Å². The number of para-hydroxylation sites is 2. The van der Waals surface area contributed by atoms with Crippen molar-refractivity contribution in [1.29, 1.82) is 0 Å². The van der Waals surface area contributed by atoms with Gasteiger partial charge in [-0.3, -0.25) is 9.59 Å². The quantitative estimate of drug-likeness (QED) is 0.0192. The van der Waals surface area contributed by atoms with E-state index >= 15 is 0 Å². The Kier molecular flexibility index (Phi) is 25.5. The van der Waals surface area contributed by atoms with E-state index < -0.39 is 195 Å². The summed E-state index contributed by atoms with van der Waals surface area (Å²) in [5.74, 6) is -5.63. The van der Waals surface area contributed by atoms with Crippen LogP contribution in [0.2, 0.25) is 0 Å². The Morgan fingerprint density at radius 3 is 1.78 bits per heavy atom. The Hall–Kier alpha value is -6.56. The van der Waals surface area contributed by atoms with E-state index in [1.54, 1.807) is 86.6 Å². The maximum absolute atomic E-state index is 14.7. The second kappa shape index (κ2) is 33.7. The fourth-order valence-corrected chi connectivity index (χ4v) is 13.5. The van der Waals surface area contributed by atoms with E-state index in [1.165, 1.54) is 25.1 Å². The van der Waals surface area contributed by atoms with E-state index in [0.717, 1.165) is 0 Å². The minimum Gasteiger partial charge on any atom is -0.479 e. The highest BCUT2D eigenvalue weighted by atomic mass is 16.8. The third-order valence-corrected chi connectivity index (χ3v) is 19.0. The molecule has 0 spiro atoms. The lowest BCUT2D eigenvalue weighted by atomic mass is 9.74. The molecular formula is C69H87NO28. The molecule has 5 aromatic rings. The molecule has 3 aliphatic heterocycles. The number of aliphatic hydroxyl groups is 9. The molecule has 2 aromatic heterocycles. The van der Waals surface area contributed by atoms with Crippen LogP contribution in [0.25, 0.3) is 21.9 Å². The lowest BCUT2D eigenvalue weighted by Crippen LogP contribution is -2.64. The maximum atomic E-state index is 14.7. The molecule has 29 heteroatoms. The topological polar surface area (TPSA) is 435 Å². The molecule has 11 N–H and O–H groups in total. The lowest BCUT2D eigenvalue weighted by molar-refractivity contribution is -0.349. The van der Waals surface area contributed by atoms with Gasteiger partial charge in [-0.25, -0.2) is 19.2 Å². The van der Waals surface area contributed by atoms with Gasteiger partial charge in [0, 0.05) is 35.6 Å². The summed E-state index contributed by atoms with van der Waals surface area (Å²) in [5.41, 5.74) is -0.615. The number of carbonyl (C=O) groups excluding carboxylic acids is 3. The molecule has 5 fully saturated rings. The summed E-state index contributed by atoms with van der Waals surface area (Å²) >= 11 is 0. The smallest absolute Gasteiger partial charge is 0.341 e. The molecule has 5 aliphatic rings. The van der Waals surface area contributed by atoms with E-state index in [-0.39, 0.29) is 80.6 Å². The highest BCUT2D eigenvalue weighted by Crippen LogP contribution is 2.42. The number of hydrogen-bond acceptors (Lipinski definition) is 27. The van der Waals surface area contributed by atoms with E-state index in [2.05, 4.69) is 5.32 Å². The number of amides is 1. The predicted molar refractivity (Wildman–Crippen MR) is 338 cm³/mol. The molecular weight excluding hydrogens is 1290 g/mol. The molecule has 0 radical (unpaired) electrons. The minimum atomic E-state index is -1.82. The van der Waals surface area contributed by atoms with Gasteiger partial charge in [0.2, 0.25) is 5.91 Å². The summed E-state index contributed by atoms with van der Waals surface area (Å²) in [6.07, 6.45) is -32.1. The SMILES string of the molecule is CCC[C@H](OC1C(OC(=O)c2ccccc2)[C@H](O[C@@H]2CC(C(=O)CCCNC(=O)[C@H]3CC(OCc4cc5ccccc5oc4=O)C(O)[C@H](O[C@@H]4OC(CO)[C@H](O)[C@@H](OCc5cc6ccccc6oc5=O)C4O)C3)C[C@@H](CC)C2O[C@@H]2OC(C)[C@@H](O)[C@H](O)C2O)O[C@@H](CO)[C@@H]1O)C(=O)O. The van der Waals surface area contributed by atoms with Crippen LogP contribution >= 0.6 is 0 Å². The summed E-state index contributed by atoms with van der Waals surface area (Å²) < 4.78 is 72.6. The molecule has 2 aliphatic carbocycles. The van der Waals surface area contributed by atoms with Crippen molar-refractivity contribution in [3.8, 4) is 0 Å². The Labute approximate surface area is 562 Å². The first-order chi connectivity index (χ1) is 47.1. The third-order valence-electron chi connectivity index (χ3n) is 19.0. The maximum Gasteiger partial charge on any atom is 0.341 e. The van der Waals surface area contributed by atoms with Crippen molar-refractivity contribution in [3.05, 3.63) is 129 Å². The van der Waals surface area contributed by atoms with Gasteiger partial charge in [-0.1, -0.05) is 81.3 Å². The fraction of sp³-hybridized carbons (Fsp3) is 0.594. The van der Waals surface area contributed by atoms with Crippen LogP contribution in [-0.2, 0) is 75.0 Å². The van der Waals surface area contributed by atoms with Crippen molar-refractivity contribution in [2.24, 2.45) is 17.8 Å².